The molecule has 1 N–H and O–H groups in total. The second kappa shape index (κ2) is 7.36. The maximum atomic E-state index is 13.4. The first-order valence-corrected chi connectivity index (χ1v) is 6.88. The van der Waals surface area contributed by atoms with E-state index in [0.717, 1.165) is 11.1 Å². The van der Waals surface area contributed by atoms with Gasteiger partial charge in [0.25, 0.3) is 5.91 Å². The van der Waals surface area contributed by atoms with Crippen LogP contribution in [0.4, 0.5) is 10.1 Å². The molecule has 2 aromatic rings. The number of benzene rings is 2. The number of hydrogen-bond acceptors (Lipinski definition) is 3. The summed E-state index contributed by atoms with van der Waals surface area (Å²) in [5.41, 5.74) is 2.08. The van der Waals surface area contributed by atoms with Crippen LogP contribution < -0.4 is 5.32 Å². The minimum atomic E-state index is -0.833. The molecule has 5 heteroatoms. The maximum Gasteiger partial charge on any atom is 0.268 e. The van der Waals surface area contributed by atoms with Crippen LogP contribution in [0.25, 0.3) is 0 Å². The van der Waals surface area contributed by atoms with Gasteiger partial charge in [-0.25, -0.2) is 4.39 Å². The van der Waals surface area contributed by atoms with E-state index in [1.807, 2.05) is 31.2 Å². The lowest BCUT2D eigenvalue weighted by atomic mass is 10.1. The molecule has 0 bridgehead atoms. The van der Waals surface area contributed by atoms with Crippen LogP contribution in [-0.2, 0) is 9.63 Å². The average Bonchev–Trinajstić information content (AvgIpc) is 2.51. The Hall–Kier alpha value is -2.69. The molecule has 4 nitrogen and oxygen atoms in total. The van der Waals surface area contributed by atoms with Crippen molar-refractivity contribution < 1.29 is 14.0 Å². The van der Waals surface area contributed by atoms with Gasteiger partial charge >= 0.3 is 0 Å². The second-order valence-corrected chi connectivity index (χ2v) is 4.81. The summed E-state index contributed by atoms with van der Waals surface area (Å²) in [4.78, 5) is 17.0. The number of halogens is 1. The lowest BCUT2D eigenvalue weighted by Gasteiger charge is -2.11. The van der Waals surface area contributed by atoms with Crippen LogP contribution in [0.2, 0.25) is 0 Å². The largest absolute Gasteiger partial charge is 0.383 e. The standard InChI is InChI=1S/C17H17FN2O2/c1-12-7-3-4-8-14(12)11-19-22-13(2)17(21)20-16-10-6-5-9-15(16)18/h3-11,13H,1-2H3,(H,20,21)/b19-11-/t13-/m0/s1. The number of amides is 1. The zero-order valence-electron chi connectivity index (χ0n) is 12.4. The van der Waals surface area contributed by atoms with E-state index < -0.39 is 17.8 Å². The highest BCUT2D eigenvalue weighted by Crippen LogP contribution is 2.13. The Balaban J connectivity index is 1.92. The van der Waals surface area contributed by atoms with Crippen molar-refractivity contribution in [2.24, 2.45) is 5.16 Å². The molecule has 1 amide bonds. The molecule has 0 fully saturated rings. The summed E-state index contributed by atoms with van der Waals surface area (Å²) in [5.74, 6) is -0.960. The van der Waals surface area contributed by atoms with Gasteiger partial charge in [-0.15, -0.1) is 0 Å². The van der Waals surface area contributed by atoms with Crippen LogP contribution >= 0.6 is 0 Å². The van der Waals surface area contributed by atoms with Gasteiger partial charge in [0.15, 0.2) is 0 Å². The molecule has 0 spiro atoms. The third-order valence-corrected chi connectivity index (χ3v) is 3.10. The first-order chi connectivity index (χ1) is 10.6. The molecule has 0 heterocycles. The lowest BCUT2D eigenvalue weighted by Crippen LogP contribution is -2.26. The Bertz CT molecular complexity index is 686. The molecule has 0 aromatic heterocycles. The fourth-order valence-electron chi connectivity index (χ4n) is 1.75. The predicted molar refractivity (Wildman–Crippen MR) is 84.3 cm³/mol. The van der Waals surface area contributed by atoms with Crippen LogP contribution in [0.5, 0.6) is 0 Å². The number of para-hydroxylation sites is 1. The topological polar surface area (TPSA) is 50.7 Å². The normalized spacial score (nSPS) is 12.1. The van der Waals surface area contributed by atoms with Crippen molar-refractivity contribution in [3.63, 3.8) is 0 Å². The Morgan fingerprint density at radius 1 is 1.23 bits per heavy atom. The van der Waals surface area contributed by atoms with Gasteiger partial charge in [-0.05, 0) is 37.1 Å². The van der Waals surface area contributed by atoms with Crippen LogP contribution in [-0.4, -0.2) is 18.2 Å². The van der Waals surface area contributed by atoms with Crippen molar-refractivity contribution in [3.05, 3.63) is 65.5 Å². The van der Waals surface area contributed by atoms with Gasteiger partial charge in [-0.1, -0.05) is 41.6 Å². The Morgan fingerprint density at radius 2 is 1.91 bits per heavy atom. The fourth-order valence-corrected chi connectivity index (χ4v) is 1.75. The van der Waals surface area contributed by atoms with Gasteiger partial charge in [0.05, 0.1) is 11.9 Å². The van der Waals surface area contributed by atoms with Crippen molar-refractivity contribution in [2.75, 3.05) is 5.32 Å². The molecule has 0 saturated carbocycles. The summed E-state index contributed by atoms with van der Waals surface area (Å²) in [7, 11) is 0. The summed E-state index contributed by atoms with van der Waals surface area (Å²) in [5, 5.41) is 6.27. The quantitative estimate of drug-likeness (QED) is 0.678. The molecule has 0 unspecified atom stereocenters. The highest BCUT2D eigenvalue weighted by atomic mass is 19.1. The van der Waals surface area contributed by atoms with Gasteiger partial charge in [0.1, 0.15) is 5.82 Å². The van der Waals surface area contributed by atoms with E-state index in [-0.39, 0.29) is 5.69 Å². The fraction of sp³-hybridized carbons (Fsp3) is 0.176. The minimum Gasteiger partial charge on any atom is -0.383 e. The number of oxime groups is 1. The van der Waals surface area contributed by atoms with E-state index >= 15 is 0 Å². The van der Waals surface area contributed by atoms with E-state index in [9.17, 15) is 9.18 Å². The summed E-state index contributed by atoms with van der Waals surface area (Å²) in [6.45, 7) is 3.50. The van der Waals surface area contributed by atoms with Crippen molar-refractivity contribution >= 4 is 17.8 Å². The van der Waals surface area contributed by atoms with E-state index in [4.69, 9.17) is 4.84 Å². The van der Waals surface area contributed by atoms with Crippen LogP contribution in [0, 0.1) is 12.7 Å². The summed E-state index contributed by atoms with van der Waals surface area (Å²) in [6, 6.07) is 13.6. The third-order valence-electron chi connectivity index (χ3n) is 3.10. The van der Waals surface area contributed by atoms with Gasteiger partial charge in [-0.3, -0.25) is 4.79 Å². The van der Waals surface area contributed by atoms with Gasteiger partial charge in [0, 0.05) is 0 Å². The second-order valence-electron chi connectivity index (χ2n) is 4.81. The third kappa shape index (κ3) is 4.15. The number of aryl methyl sites for hydroxylation is 1. The highest BCUT2D eigenvalue weighted by Gasteiger charge is 2.15. The van der Waals surface area contributed by atoms with Crippen molar-refractivity contribution in [3.8, 4) is 0 Å². The number of carbonyl (C=O) groups excluding carboxylic acids is 1. The first-order valence-electron chi connectivity index (χ1n) is 6.88. The molecule has 0 aliphatic heterocycles. The number of nitrogens with one attached hydrogen (secondary N) is 1. The monoisotopic (exact) mass is 300 g/mol. The zero-order chi connectivity index (χ0) is 15.9. The number of anilines is 1. The van der Waals surface area contributed by atoms with Crippen LogP contribution in [0.15, 0.2) is 53.7 Å². The smallest absolute Gasteiger partial charge is 0.268 e. The number of rotatable bonds is 5. The van der Waals surface area contributed by atoms with Crippen LogP contribution in [0.1, 0.15) is 18.1 Å². The molecule has 0 aliphatic rings. The van der Waals surface area contributed by atoms with Gasteiger partial charge < -0.3 is 10.2 Å². The molecule has 2 rings (SSSR count). The SMILES string of the molecule is Cc1ccccc1/C=N\O[C@@H](C)C(=O)Nc1ccccc1F. The first kappa shape index (κ1) is 15.7. The maximum absolute atomic E-state index is 13.4. The van der Waals surface area contributed by atoms with E-state index in [1.165, 1.54) is 12.1 Å². The number of carbonyl (C=O) groups is 1. The summed E-state index contributed by atoms with van der Waals surface area (Å²) >= 11 is 0. The molecule has 114 valence electrons. The Labute approximate surface area is 128 Å². The highest BCUT2D eigenvalue weighted by molar-refractivity contribution is 5.94. The summed E-state index contributed by atoms with van der Waals surface area (Å²) in [6.07, 6.45) is 0.710. The number of nitrogens with zero attached hydrogens (tertiary/aromatic N) is 1. The van der Waals surface area contributed by atoms with Crippen molar-refractivity contribution in [2.45, 2.75) is 20.0 Å². The number of hydrogen-bond donors (Lipinski definition) is 1. The molecule has 0 saturated heterocycles. The molecule has 1 atom stereocenters. The van der Waals surface area contributed by atoms with Gasteiger partial charge in [-0.2, -0.15) is 0 Å². The molecule has 0 radical (unpaired) electrons. The molecule has 0 aliphatic carbocycles. The lowest BCUT2D eigenvalue weighted by molar-refractivity contribution is -0.126. The Kier molecular flexibility index (Phi) is 5.25. The van der Waals surface area contributed by atoms with Gasteiger partial charge in [0.2, 0.25) is 6.10 Å². The molecular weight excluding hydrogens is 283 g/mol. The van der Waals surface area contributed by atoms with E-state index in [1.54, 1.807) is 25.3 Å². The molecule has 2 aromatic carbocycles. The van der Waals surface area contributed by atoms with E-state index in [2.05, 4.69) is 10.5 Å². The minimum absolute atomic E-state index is 0.117. The zero-order valence-corrected chi connectivity index (χ0v) is 12.4. The average molecular weight is 300 g/mol. The summed E-state index contributed by atoms with van der Waals surface area (Å²) < 4.78 is 13.4. The molecule has 22 heavy (non-hydrogen) atoms. The van der Waals surface area contributed by atoms with E-state index in [0.29, 0.717) is 0 Å². The van der Waals surface area contributed by atoms with Crippen molar-refractivity contribution in [1.82, 2.24) is 0 Å². The molecular formula is C17H17FN2O2. The van der Waals surface area contributed by atoms with Crippen LogP contribution in [0.3, 0.4) is 0 Å². The Morgan fingerprint density at radius 3 is 2.64 bits per heavy atom. The van der Waals surface area contributed by atoms with Crippen molar-refractivity contribution in [1.29, 1.82) is 0 Å². The predicted octanol–water partition coefficient (Wildman–Crippen LogP) is 3.51.